The third-order valence-electron chi connectivity index (χ3n) is 3.52. The molecular weight excluding hydrogens is 266 g/mol. The van der Waals surface area contributed by atoms with Gasteiger partial charge in [0.15, 0.2) is 0 Å². The number of likely N-dealkylation sites (N-methyl/N-ethyl adjacent to an activating group) is 1. The van der Waals surface area contributed by atoms with Crippen molar-refractivity contribution in [3.63, 3.8) is 0 Å². The number of hydrogen-bond donors (Lipinski definition) is 2. The second-order valence-corrected chi connectivity index (χ2v) is 4.95. The van der Waals surface area contributed by atoms with Crippen molar-refractivity contribution >= 4 is 17.5 Å². The molecule has 0 saturated heterocycles. The van der Waals surface area contributed by atoms with E-state index in [-0.39, 0.29) is 17.9 Å². The minimum absolute atomic E-state index is 0.129. The van der Waals surface area contributed by atoms with Gasteiger partial charge in [-0.1, -0.05) is 19.1 Å². The molecule has 0 bridgehead atoms. The normalized spacial score (nSPS) is 11.8. The fourth-order valence-electron chi connectivity index (χ4n) is 2.16. The number of amides is 2. The molecule has 5 heteroatoms. The molecule has 1 rings (SSSR count). The van der Waals surface area contributed by atoms with Crippen LogP contribution < -0.4 is 11.1 Å². The second kappa shape index (κ2) is 8.29. The Morgan fingerprint density at radius 3 is 2.14 bits per heavy atom. The summed E-state index contributed by atoms with van der Waals surface area (Å²) in [5.41, 5.74) is 7.10. The zero-order valence-corrected chi connectivity index (χ0v) is 13.1. The molecule has 0 fully saturated rings. The Morgan fingerprint density at radius 2 is 1.71 bits per heavy atom. The van der Waals surface area contributed by atoms with Gasteiger partial charge in [-0.25, -0.2) is 0 Å². The van der Waals surface area contributed by atoms with Crippen molar-refractivity contribution in [3.05, 3.63) is 29.8 Å². The topological polar surface area (TPSA) is 75.4 Å². The molecule has 0 aliphatic rings. The predicted molar refractivity (Wildman–Crippen MR) is 85.0 cm³/mol. The van der Waals surface area contributed by atoms with E-state index < -0.39 is 0 Å². The Bertz CT molecular complexity index is 467. The first-order chi connectivity index (χ1) is 10.0. The molecule has 0 aliphatic heterocycles. The Kier molecular flexibility index (Phi) is 6.72. The second-order valence-electron chi connectivity index (χ2n) is 4.95. The maximum Gasteiger partial charge on any atom is 0.239 e. The molecule has 0 aliphatic carbocycles. The van der Waals surface area contributed by atoms with E-state index >= 15 is 0 Å². The number of nitrogens with zero attached hydrogens (tertiary/aromatic N) is 1. The van der Waals surface area contributed by atoms with Gasteiger partial charge in [-0.2, -0.15) is 0 Å². The van der Waals surface area contributed by atoms with Gasteiger partial charge >= 0.3 is 0 Å². The number of carbonyl (C=O) groups excluding carboxylic acids is 2. The van der Waals surface area contributed by atoms with Crippen LogP contribution in [0.15, 0.2) is 24.3 Å². The minimum Gasteiger partial charge on any atom is -0.374 e. The van der Waals surface area contributed by atoms with Crippen LogP contribution in [0.5, 0.6) is 0 Å². The van der Waals surface area contributed by atoms with E-state index in [1.165, 1.54) is 0 Å². The number of rotatable bonds is 8. The first kappa shape index (κ1) is 17.0. The molecule has 3 N–H and O–H groups in total. The van der Waals surface area contributed by atoms with Gasteiger partial charge in [-0.05, 0) is 38.0 Å². The first-order valence-electron chi connectivity index (χ1n) is 7.44. The molecule has 1 atom stereocenters. The molecular formula is C16H25N3O2. The van der Waals surface area contributed by atoms with Crippen molar-refractivity contribution in [2.75, 3.05) is 18.4 Å². The predicted octanol–water partition coefficient (Wildman–Crippen LogP) is 1.77. The largest absolute Gasteiger partial charge is 0.374 e. The van der Waals surface area contributed by atoms with Crippen LogP contribution in [0.2, 0.25) is 0 Å². The van der Waals surface area contributed by atoms with E-state index in [2.05, 4.69) is 5.32 Å². The molecule has 0 heterocycles. The lowest BCUT2D eigenvalue weighted by atomic mass is 10.1. The van der Waals surface area contributed by atoms with Crippen molar-refractivity contribution in [1.82, 2.24) is 4.90 Å². The van der Waals surface area contributed by atoms with E-state index in [4.69, 9.17) is 5.73 Å². The van der Waals surface area contributed by atoms with Crippen molar-refractivity contribution in [2.24, 2.45) is 5.73 Å². The third kappa shape index (κ3) is 5.10. The van der Waals surface area contributed by atoms with Gasteiger partial charge in [0.05, 0.1) is 6.42 Å². The van der Waals surface area contributed by atoms with Crippen LogP contribution in [0, 0.1) is 0 Å². The van der Waals surface area contributed by atoms with Crippen LogP contribution in [0.3, 0.4) is 0 Å². The highest BCUT2D eigenvalue weighted by Crippen LogP contribution is 2.13. The summed E-state index contributed by atoms with van der Waals surface area (Å²) in [6, 6.07) is 7.18. The summed E-state index contributed by atoms with van der Waals surface area (Å²) in [7, 11) is 0. The number of nitrogens with one attached hydrogen (secondary N) is 1. The lowest BCUT2D eigenvalue weighted by Gasteiger charge is -2.19. The SMILES string of the molecule is CC[C@@H](Nc1ccc(CC(=O)N(CC)CC)cc1)C(N)=O. The van der Waals surface area contributed by atoms with E-state index in [1.54, 1.807) is 0 Å². The zero-order chi connectivity index (χ0) is 15.8. The van der Waals surface area contributed by atoms with Gasteiger partial charge in [0, 0.05) is 18.8 Å². The fourth-order valence-corrected chi connectivity index (χ4v) is 2.16. The average Bonchev–Trinajstić information content (AvgIpc) is 2.47. The Labute approximate surface area is 126 Å². The molecule has 0 unspecified atom stereocenters. The maximum absolute atomic E-state index is 12.0. The minimum atomic E-state index is -0.367. The highest BCUT2D eigenvalue weighted by atomic mass is 16.2. The van der Waals surface area contributed by atoms with E-state index in [9.17, 15) is 9.59 Å². The summed E-state index contributed by atoms with van der Waals surface area (Å²) in [6.07, 6.45) is 1.03. The molecule has 0 aromatic heterocycles. The summed E-state index contributed by atoms with van der Waals surface area (Å²) < 4.78 is 0. The lowest BCUT2D eigenvalue weighted by molar-refractivity contribution is -0.130. The van der Waals surface area contributed by atoms with Crippen molar-refractivity contribution in [1.29, 1.82) is 0 Å². The summed E-state index contributed by atoms with van der Waals surface area (Å²) in [6.45, 7) is 7.31. The number of benzene rings is 1. The smallest absolute Gasteiger partial charge is 0.239 e. The van der Waals surface area contributed by atoms with Gasteiger partial charge < -0.3 is 16.0 Å². The quantitative estimate of drug-likeness (QED) is 0.766. The number of nitrogens with two attached hydrogens (primary N) is 1. The fraction of sp³-hybridized carbons (Fsp3) is 0.500. The van der Waals surface area contributed by atoms with E-state index in [1.807, 2.05) is 49.9 Å². The molecule has 2 amide bonds. The first-order valence-corrected chi connectivity index (χ1v) is 7.44. The number of carbonyl (C=O) groups is 2. The standard InChI is InChI=1S/C16H25N3O2/c1-4-14(16(17)21)18-13-9-7-12(8-10-13)11-15(20)19(5-2)6-3/h7-10,14,18H,4-6,11H2,1-3H3,(H2,17,21)/t14-/m1/s1. The number of anilines is 1. The summed E-state index contributed by atoms with van der Waals surface area (Å²) >= 11 is 0. The van der Waals surface area contributed by atoms with E-state index in [0.29, 0.717) is 12.8 Å². The van der Waals surface area contributed by atoms with Crippen LogP contribution in [0.25, 0.3) is 0 Å². The van der Waals surface area contributed by atoms with Crippen molar-refractivity contribution in [2.45, 2.75) is 39.7 Å². The van der Waals surface area contributed by atoms with Crippen molar-refractivity contribution in [3.8, 4) is 0 Å². The Hall–Kier alpha value is -2.04. The van der Waals surface area contributed by atoms with Gasteiger partial charge in [0.2, 0.25) is 11.8 Å². The van der Waals surface area contributed by atoms with Crippen LogP contribution in [-0.4, -0.2) is 35.8 Å². The number of primary amides is 1. The molecule has 0 saturated carbocycles. The van der Waals surface area contributed by atoms with Crippen molar-refractivity contribution < 1.29 is 9.59 Å². The average molecular weight is 291 g/mol. The Balaban J connectivity index is 2.66. The van der Waals surface area contributed by atoms with E-state index in [0.717, 1.165) is 24.3 Å². The summed E-state index contributed by atoms with van der Waals surface area (Å²) in [5, 5.41) is 3.08. The molecule has 0 radical (unpaired) electrons. The molecule has 1 aromatic rings. The monoisotopic (exact) mass is 291 g/mol. The summed E-state index contributed by atoms with van der Waals surface area (Å²) in [4.78, 5) is 25.0. The van der Waals surface area contributed by atoms with Crippen LogP contribution >= 0.6 is 0 Å². The highest BCUT2D eigenvalue weighted by molar-refractivity contribution is 5.83. The molecule has 0 spiro atoms. The Morgan fingerprint density at radius 1 is 1.14 bits per heavy atom. The van der Waals surface area contributed by atoms with Gasteiger partial charge in [0.1, 0.15) is 6.04 Å². The highest BCUT2D eigenvalue weighted by Gasteiger charge is 2.13. The molecule has 1 aromatic carbocycles. The van der Waals surface area contributed by atoms with Crippen LogP contribution in [-0.2, 0) is 16.0 Å². The molecule has 21 heavy (non-hydrogen) atoms. The number of hydrogen-bond acceptors (Lipinski definition) is 3. The molecule has 116 valence electrons. The van der Waals surface area contributed by atoms with Crippen LogP contribution in [0.4, 0.5) is 5.69 Å². The molecule has 5 nitrogen and oxygen atoms in total. The lowest BCUT2D eigenvalue weighted by Crippen LogP contribution is -2.34. The van der Waals surface area contributed by atoms with Gasteiger partial charge in [-0.3, -0.25) is 9.59 Å². The van der Waals surface area contributed by atoms with Gasteiger partial charge in [-0.15, -0.1) is 0 Å². The third-order valence-corrected chi connectivity index (χ3v) is 3.52. The van der Waals surface area contributed by atoms with Crippen LogP contribution in [0.1, 0.15) is 32.8 Å². The maximum atomic E-state index is 12.0. The zero-order valence-electron chi connectivity index (χ0n) is 13.1. The van der Waals surface area contributed by atoms with Gasteiger partial charge in [0.25, 0.3) is 0 Å². The summed E-state index contributed by atoms with van der Waals surface area (Å²) in [5.74, 6) is -0.234.